The lowest BCUT2D eigenvalue weighted by Crippen LogP contribution is -2.52. The van der Waals surface area contributed by atoms with Crippen LogP contribution in [0.1, 0.15) is 41.9 Å². The number of hydrogen-bond donors (Lipinski definition) is 2. The van der Waals surface area contributed by atoms with Crippen molar-refractivity contribution >= 4 is 34.3 Å². The molecule has 5 nitrogen and oxygen atoms in total. The molecular weight excluding hydrogens is 398 g/mol. The summed E-state index contributed by atoms with van der Waals surface area (Å²) in [5, 5.41) is 4.71. The SMILES string of the molecule is CC[C@H](C)[C@@H](NC(=O)c1ccc(Cl)cc1)C(=O)N1CCc2[nH]c3ccccc3c2C1. The molecule has 0 saturated carbocycles. The summed E-state index contributed by atoms with van der Waals surface area (Å²) < 4.78 is 0. The van der Waals surface area contributed by atoms with Crippen LogP contribution in [0.5, 0.6) is 0 Å². The standard InChI is InChI=1S/C24H26ClN3O2/c1-3-15(2)22(27-23(29)16-8-10-17(25)11-9-16)24(30)28-13-12-21-19(14-28)18-6-4-5-7-20(18)26-21/h4-11,15,22,26H,3,12-14H2,1-2H3,(H,27,29)/t15-,22+/m0/s1. The predicted octanol–water partition coefficient (Wildman–Crippen LogP) is 4.55. The predicted molar refractivity (Wildman–Crippen MR) is 120 cm³/mol. The van der Waals surface area contributed by atoms with Crippen LogP contribution in [-0.2, 0) is 17.8 Å². The Morgan fingerprint density at radius 2 is 1.90 bits per heavy atom. The maximum Gasteiger partial charge on any atom is 0.251 e. The topological polar surface area (TPSA) is 65.2 Å². The summed E-state index contributed by atoms with van der Waals surface area (Å²) >= 11 is 5.93. The number of rotatable bonds is 5. The molecule has 0 saturated heterocycles. The molecule has 30 heavy (non-hydrogen) atoms. The number of aromatic amines is 1. The van der Waals surface area contributed by atoms with Crippen molar-refractivity contribution in [2.75, 3.05) is 6.54 Å². The summed E-state index contributed by atoms with van der Waals surface area (Å²) in [5.41, 5.74) is 3.98. The highest BCUT2D eigenvalue weighted by Gasteiger charge is 2.32. The largest absolute Gasteiger partial charge is 0.358 e. The second-order valence-electron chi connectivity index (χ2n) is 7.98. The minimum atomic E-state index is -0.565. The van der Waals surface area contributed by atoms with Gasteiger partial charge in [0.25, 0.3) is 5.91 Å². The summed E-state index contributed by atoms with van der Waals surface area (Å²) in [6.45, 7) is 5.24. The van der Waals surface area contributed by atoms with Gasteiger partial charge in [-0.05, 0) is 36.2 Å². The molecule has 0 unspecified atom stereocenters. The second kappa shape index (κ2) is 8.52. The molecule has 0 radical (unpaired) electrons. The maximum atomic E-state index is 13.5. The molecule has 1 aliphatic heterocycles. The highest BCUT2D eigenvalue weighted by Crippen LogP contribution is 2.28. The zero-order chi connectivity index (χ0) is 21.3. The summed E-state index contributed by atoms with van der Waals surface area (Å²) in [6, 6.07) is 14.3. The number of nitrogens with zero attached hydrogens (tertiary/aromatic N) is 1. The van der Waals surface area contributed by atoms with Crippen LogP contribution in [-0.4, -0.2) is 34.3 Å². The van der Waals surface area contributed by atoms with Crippen molar-refractivity contribution in [3.05, 3.63) is 70.4 Å². The molecule has 0 fully saturated rings. The number of amides is 2. The number of para-hydroxylation sites is 1. The Morgan fingerprint density at radius 1 is 1.17 bits per heavy atom. The van der Waals surface area contributed by atoms with Gasteiger partial charge in [-0.15, -0.1) is 0 Å². The van der Waals surface area contributed by atoms with Crippen molar-refractivity contribution in [3.8, 4) is 0 Å². The molecule has 0 spiro atoms. The fourth-order valence-corrected chi connectivity index (χ4v) is 4.19. The molecule has 4 rings (SSSR count). The molecule has 3 aromatic rings. The van der Waals surface area contributed by atoms with Crippen molar-refractivity contribution < 1.29 is 9.59 Å². The van der Waals surface area contributed by atoms with Crippen molar-refractivity contribution in [2.45, 2.75) is 39.3 Å². The van der Waals surface area contributed by atoms with Gasteiger partial charge in [-0.3, -0.25) is 9.59 Å². The van der Waals surface area contributed by atoms with Gasteiger partial charge in [0.05, 0.1) is 0 Å². The normalized spacial score (nSPS) is 15.5. The summed E-state index contributed by atoms with van der Waals surface area (Å²) in [6.07, 6.45) is 1.58. The number of aromatic nitrogens is 1. The third-order valence-corrected chi connectivity index (χ3v) is 6.32. The molecule has 2 aromatic carbocycles. The van der Waals surface area contributed by atoms with Gasteiger partial charge in [0, 0.05) is 52.3 Å². The fraction of sp³-hybridized carbons (Fsp3) is 0.333. The first-order chi connectivity index (χ1) is 14.5. The zero-order valence-electron chi connectivity index (χ0n) is 17.2. The fourth-order valence-electron chi connectivity index (χ4n) is 4.06. The Balaban J connectivity index is 1.55. The lowest BCUT2D eigenvalue weighted by Gasteiger charge is -2.33. The van der Waals surface area contributed by atoms with Crippen LogP contribution < -0.4 is 5.32 Å². The van der Waals surface area contributed by atoms with Gasteiger partial charge in [-0.1, -0.05) is 50.1 Å². The molecule has 0 aliphatic carbocycles. The molecule has 156 valence electrons. The Labute approximate surface area is 181 Å². The first kappa shape index (κ1) is 20.5. The van der Waals surface area contributed by atoms with Crippen LogP contribution >= 0.6 is 11.6 Å². The molecule has 6 heteroatoms. The molecule has 2 heterocycles. The zero-order valence-corrected chi connectivity index (χ0v) is 18.0. The van der Waals surface area contributed by atoms with E-state index in [9.17, 15) is 9.59 Å². The third kappa shape index (κ3) is 3.94. The van der Waals surface area contributed by atoms with E-state index < -0.39 is 6.04 Å². The van der Waals surface area contributed by atoms with Crippen LogP contribution in [0, 0.1) is 5.92 Å². The average Bonchev–Trinajstić information content (AvgIpc) is 3.14. The Morgan fingerprint density at radius 3 is 2.63 bits per heavy atom. The van der Waals surface area contributed by atoms with Crippen LogP contribution in [0.3, 0.4) is 0 Å². The van der Waals surface area contributed by atoms with E-state index in [4.69, 9.17) is 11.6 Å². The lowest BCUT2D eigenvalue weighted by atomic mass is 9.95. The highest BCUT2D eigenvalue weighted by molar-refractivity contribution is 6.30. The Kier molecular flexibility index (Phi) is 5.82. The van der Waals surface area contributed by atoms with Crippen LogP contribution in [0.2, 0.25) is 5.02 Å². The van der Waals surface area contributed by atoms with Gasteiger partial charge in [0.1, 0.15) is 6.04 Å². The van der Waals surface area contributed by atoms with E-state index >= 15 is 0 Å². The minimum absolute atomic E-state index is 0.0254. The number of benzene rings is 2. The van der Waals surface area contributed by atoms with Gasteiger partial charge in [-0.2, -0.15) is 0 Å². The Bertz CT molecular complexity index is 1070. The van der Waals surface area contributed by atoms with Gasteiger partial charge in [-0.25, -0.2) is 0 Å². The molecule has 1 aliphatic rings. The summed E-state index contributed by atoms with van der Waals surface area (Å²) in [7, 11) is 0. The smallest absolute Gasteiger partial charge is 0.251 e. The molecule has 2 atom stereocenters. The van der Waals surface area contributed by atoms with Crippen molar-refractivity contribution in [3.63, 3.8) is 0 Å². The molecular formula is C24H26ClN3O2. The first-order valence-electron chi connectivity index (χ1n) is 10.4. The third-order valence-electron chi connectivity index (χ3n) is 6.07. The quantitative estimate of drug-likeness (QED) is 0.632. The van der Waals surface area contributed by atoms with Crippen LogP contribution in [0.15, 0.2) is 48.5 Å². The van der Waals surface area contributed by atoms with Gasteiger partial charge >= 0.3 is 0 Å². The molecule has 2 N–H and O–H groups in total. The highest BCUT2D eigenvalue weighted by atomic mass is 35.5. The van der Waals surface area contributed by atoms with Crippen LogP contribution in [0.4, 0.5) is 0 Å². The number of carbonyl (C=O) groups is 2. The van der Waals surface area contributed by atoms with E-state index in [2.05, 4.69) is 22.4 Å². The molecule has 0 bridgehead atoms. The number of hydrogen-bond acceptors (Lipinski definition) is 2. The maximum absolute atomic E-state index is 13.5. The number of halogens is 1. The van der Waals surface area contributed by atoms with Crippen LogP contribution in [0.25, 0.3) is 10.9 Å². The van der Waals surface area contributed by atoms with E-state index in [-0.39, 0.29) is 17.7 Å². The first-order valence-corrected chi connectivity index (χ1v) is 10.8. The van der Waals surface area contributed by atoms with E-state index in [1.165, 1.54) is 11.3 Å². The second-order valence-corrected chi connectivity index (χ2v) is 8.42. The van der Waals surface area contributed by atoms with E-state index in [0.29, 0.717) is 23.7 Å². The number of nitrogens with one attached hydrogen (secondary N) is 2. The van der Waals surface area contributed by atoms with E-state index in [0.717, 1.165) is 23.7 Å². The number of fused-ring (bicyclic) bond motifs is 3. The van der Waals surface area contributed by atoms with Gasteiger partial charge in [0.2, 0.25) is 5.91 Å². The number of H-pyrrole nitrogens is 1. The lowest BCUT2D eigenvalue weighted by molar-refractivity contribution is -0.135. The minimum Gasteiger partial charge on any atom is -0.358 e. The molecule has 2 amide bonds. The van der Waals surface area contributed by atoms with Crippen molar-refractivity contribution in [2.24, 2.45) is 5.92 Å². The molecule has 1 aromatic heterocycles. The summed E-state index contributed by atoms with van der Waals surface area (Å²) in [5.74, 6) is -0.254. The van der Waals surface area contributed by atoms with Crippen molar-refractivity contribution in [1.82, 2.24) is 15.2 Å². The van der Waals surface area contributed by atoms with Gasteiger partial charge in [0.15, 0.2) is 0 Å². The van der Waals surface area contributed by atoms with E-state index in [1.807, 2.05) is 30.9 Å². The summed E-state index contributed by atoms with van der Waals surface area (Å²) in [4.78, 5) is 31.6. The number of carbonyl (C=O) groups excluding carboxylic acids is 2. The average molecular weight is 424 g/mol. The van der Waals surface area contributed by atoms with E-state index in [1.54, 1.807) is 24.3 Å². The van der Waals surface area contributed by atoms with Crippen molar-refractivity contribution in [1.29, 1.82) is 0 Å². The van der Waals surface area contributed by atoms with Gasteiger partial charge < -0.3 is 15.2 Å². The Hall–Kier alpha value is -2.79. The monoisotopic (exact) mass is 423 g/mol.